The van der Waals surface area contributed by atoms with Crippen molar-refractivity contribution in [2.75, 3.05) is 12.5 Å². The maximum absolute atomic E-state index is 5.74. The van der Waals surface area contributed by atoms with Crippen molar-refractivity contribution in [1.82, 2.24) is 0 Å². The summed E-state index contributed by atoms with van der Waals surface area (Å²) in [5.74, 6) is 0. The molecule has 0 saturated carbocycles. The van der Waals surface area contributed by atoms with Crippen LogP contribution in [-0.2, 0) is 0 Å². The van der Waals surface area contributed by atoms with Crippen LogP contribution in [-0.4, -0.2) is 12.5 Å². The van der Waals surface area contributed by atoms with Crippen molar-refractivity contribution in [1.29, 1.82) is 0 Å². The fraction of sp³-hybridized carbons (Fsp3) is 0.667. The molecule has 50 valence electrons. The van der Waals surface area contributed by atoms with Gasteiger partial charge in [0.25, 0.3) is 0 Å². The lowest BCUT2D eigenvalue weighted by Gasteiger charge is -2.19. The zero-order valence-electron chi connectivity index (χ0n) is 6.06. The van der Waals surface area contributed by atoms with Gasteiger partial charge in [0.2, 0.25) is 0 Å². The number of rotatable bonds is 1. The number of hydrogen-bond donors (Lipinski definition) is 1. The number of hydrogen-bond acceptors (Lipinski definition) is 1. The smallest absolute Gasteiger partial charge is 0.0195 e. The highest BCUT2D eigenvalue weighted by Crippen LogP contribution is 2.32. The van der Waals surface area contributed by atoms with E-state index in [1.807, 2.05) is 0 Å². The Bertz CT molecular complexity index is 95.6. The minimum Gasteiger partial charge on any atom is -0.292 e. The van der Waals surface area contributed by atoms with E-state index in [9.17, 15) is 0 Å². The molecular formula is C6H15NS. The summed E-state index contributed by atoms with van der Waals surface area (Å²) in [6.45, 7) is 4.14. The predicted octanol–water partition coefficient (Wildman–Crippen LogP) is 1.85. The first kappa shape index (κ1) is 8.05. The van der Waals surface area contributed by atoms with Crippen LogP contribution >= 0.6 is 10.2 Å². The van der Waals surface area contributed by atoms with Crippen LogP contribution < -0.4 is 5.14 Å². The Morgan fingerprint density at radius 2 is 1.75 bits per heavy atom. The van der Waals surface area contributed by atoms with Gasteiger partial charge in [0.15, 0.2) is 0 Å². The monoisotopic (exact) mass is 133 g/mol. The number of nitrogens with two attached hydrogens (primary N) is 1. The third-order valence-corrected chi connectivity index (χ3v) is 1.62. The highest BCUT2D eigenvalue weighted by Gasteiger charge is 1.95. The van der Waals surface area contributed by atoms with E-state index in [0.29, 0.717) is 0 Å². The lowest BCUT2D eigenvalue weighted by atomic mass is 10.4. The summed E-state index contributed by atoms with van der Waals surface area (Å²) in [4.78, 5) is 0. The van der Waals surface area contributed by atoms with E-state index in [1.54, 1.807) is 0 Å². The summed E-state index contributed by atoms with van der Waals surface area (Å²) in [5, 5.41) is 7.88. The van der Waals surface area contributed by atoms with Crippen LogP contribution in [0.15, 0.2) is 11.0 Å². The van der Waals surface area contributed by atoms with Gasteiger partial charge in [-0.2, -0.15) is 10.2 Å². The van der Waals surface area contributed by atoms with Gasteiger partial charge in [-0.1, -0.05) is 5.57 Å². The fourth-order valence-corrected chi connectivity index (χ4v) is 1.82. The van der Waals surface area contributed by atoms with Gasteiger partial charge < -0.3 is 0 Å². The minimum absolute atomic E-state index is 0.885. The minimum atomic E-state index is -0.885. The summed E-state index contributed by atoms with van der Waals surface area (Å²) in [6.07, 6.45) is 4.14. The Labute approximate surface area is 53.4 Å². The lowest BCUT2D eigenvalue weighted by molar-refractivity contribution is 1.41. The van der Waals surface area contributed by atoms with Crippen LogP contribution in [0.3, 0.4) is 0 Å². The summed E-state index contributed by atoms with van der Waals surface area (Å²) in [6, 6.07) is 0. The molecule has 0 aliphatic rings. The van der Waals surface area contributed by atoms with Gasteiger partial charge in [0.1, 0.15) is 0 Å². The van der Waals surface area contributed by atoms with E-state index in [2.05, 4.69) is 31.8 Å². The van der Waals surface area contributed by atoms with E-state index < -0.39 is 10.2 Å². The van der Waals surface area contributed by atoms with Crippen LogP contribution in [0.2, 0.25) is 0 Å². The topological polar surface area (TPSA) is 26.0 Å². The molecule has 2 heteroatoms. The second-order valence-corrected chi connectivity index (χ2v) is 5.89. The van der Waals surface area contributed by atoms with Crippen molar-refractivity contribution in [2.45, 2.75) is 13.8 Å². The zero-order chi connectivity index (χ0) is 6.78. The molecule has 0 aromatic heterocycles. The van der Waals surface area contributed by atoms with Crippen LogP contribution in [0.25, 0.3) is 0 Å². The van der Waals surface area contributed by atoms with Crippen molar-refractivity contribution < 1.29 is 0 Å². The molecule has 0 unspecified atom stereocenters. The Hall–Kier alpha value is 0.0500. The van der Waals surface area contributed by atoms with Gasteiger partial charge in [-0.25, -0.2) is 0 Å². The quantitative estimate of drug-likeness (QED) is 0.580. The summed E-state index contributed by atoms with van der Waals surface area (Å²) in [5.41, 5.74) is 1.31. The van der Waals surface area contributed by atoms with E-state index in [-0.39, 0.29) is 0 Å². The van der Waals surface area contributed by atoms with E-state index in [1.165, 1.54) is 5.57 Å². The first-order valence-electron chi connectivity index (χ1n) is 2.58. The number of allylic oxidation sites excluding steroid dienone is 1. The van der Waals surface area contributed by atoms with Gasteiger partial charge in [0.05, 0.1) is 0 Å². The largest absolute Gasteiger partial charge is 0.292 e. The third kappa shape index (κ3) is 6.05. The van der Waals surface area contributed by atoms with E-state index in [4.69, 9.17) is 5.14 Å². The molecule has 0 rings (SSSR count). The SMILES string of the molecule is CC(C)=CS(C)(C)N. The van der Waals surface area contributed by atoms with E-state index >= 15 is 0 Å². The second-order valence-electron chi connectivity index (χ2n) is 2.68. The Morgan fingerprint density at radius 3 is 1.75 bits per heavy atom. The molecule has 0 aliphatic carbocycles. The third-order valence-electron chi connectivity index (χ3n) is 0.539. The molecule has 0 heterocycles. The van der Waals surface area contributed by atoms with E-state index in [0.717, 1.165) is 0 Å². The Morgan fingerprint density at radius 1 is 1.38 bits per heavy atom. The summed E-state index contributed by atoms with van der Waals surface area (Å²) in [7, 11) is -0.885. The molecule has 0 atom stereocenters. The molecular weight excluding hydrogens is 118 g/mol. The Balaban J connectivity index is 3.89. The van der Waals surface area contributed by atoms with Gasteiger partial charge in [-0.3, -0.25) is 5.14 Å². The average molecular weight is 133 g/mol. The molecule has 0 fully saturated rings. The molecule has 0 aromatic rings. The van der Waals surface area contributed by atoms with Crippen LogP contribution in [0.5, 0.6) is 0 Å². The first-order chi connectivity index (χ1) is 3.42. The zero-order valence-corrected chi connectivity index (χ0v) is 6.88. The van der Waals surface area contributed by atoms with Crippen LogP contribution in [0.1, 0.15) is 13.8 Å². The van der Waals surface area contributed by atoms with Crippen molar-refractivity contribution in [2.24, 2.45) is 5.14 Å². The predicted molar refractivity (Wildman–Crippen MR) is 43.1 cm³/mol. The van der Waals surface area contributed by atoms with Gasteiger partial charge in [-0.15, -0.1) is 0 Å². The molecule has 0 radical (unpaired) electrons. The Kier molecular flexibility index (Phi) is 2.57. The highest BCUT2D eigenvalue weighted by atomic mass is 32.3. The standard InChI is InChI=1S/C6H15NS/c1-6(2)5-8(3,4)7/h5H,7H2,1-4H3. The van der Waals surface area contributed by atoms with Crippen molar-refractivity contribution >= 4 is 10.2 Å². The van der Waals surface area contributed by atoms with Crippen molar-refractivity contribution in [3.05, 3.63) is 11.0 Å². The maximum atomic E-state index is 5.74. The molecule has 8 heavy (non-hydrogen) atoms. The molecule has 2 N–H and O–H groups in total. The molecule has 1 nitrogen and oxygen atoms in total. The maximum Gasteiger partial charge on any atom is -0.0195 e. The van der Waals surface area contributed by atoms with Gasteiger partial charge in [0, 0.05) is 0 Å². The normalized spacial score (nSPS) is 13.1. The fourth-order valence-electron chi connectivity index (χ4n) is 0.607. The lowest BCUT2D eigenvalue weighted by Crippen LogP contribution is -2.02. The molecule has 0 aliphatic heterocycles. The van der Waals surface area contributed by atoms with Crippen LogP contribution in [0.4, 0.5) is 0 Å². The molecule has 0 amide bonds. The summed E-state index contributed by atoms with van der Waals surface area (Å²) < 4.78 is 0. The first-order valence-corrected chi connectivity index (χ1v) is 5.15. The molecule has 0 spiro atoms. The van der Waals surface area contributed by atoms with Crippen LogP contribution in [0, 0.1) is 0 Å². The van der Waals surface area contributed by atoms with Crippen molar-refractivity contribution in [3.8, 4) is 0 Å². The molecule has 0 saturated heterocycles. The van der Waals surface area contributed by atoms with Crippen molar-refractivity contribution in [3.63, 3.8) is 0 Å². The molecule has 0 bridgehead atoms. The van der Waals surface area contributed by atoms with Gasteiger partial charge >= 0.3 is 0 Å². The highest BCUT2D eigenvalue weighted by molar-refractivity contribution is 8.33. The average Bonchev–Trinajstić information content (AvgIpc) is 1.21. The van der Waals surface area contributed by atoms with Gasteiger partial charge in [-0.05, 0) is 31.8 Å². The second kappa shape index (κ2) is 2.55. The molecule has 0 aromatic carbocycles. The summed E-state index contributed by atoms with van der Waals surface area (Å²) >= 11 is 0.